The third-order valence-corrected chi connectivity index (χ3v) is 2.77. The van der Waals surface area contributed by atoms with Crippen LogP contribution in [0.25, 0.3) is 6.08 Å². The molecule has 0 unspecified atom stereocenters. The third kappa shape index (κ3) is 2.33. The summed E-state index contributed by atoms with van der Waals surface area (Å²) in [5.41, 5.74) is 0.490. The fourth-order valence-corrected chi connectivity index (χ4v) is 1.75. The topological polar surface area (TPSA) is 38.7 Å². The van der Waals surface area contributed by atoms with Gasteiger partial charge in [0.1, 0.15) is 11.5 Å². The number of oxime groups is 1. The Morgan fingerprint density at radius 3 is 2.88 bits per heavy atom. The number of carbonyl (C=O) groups excluding carboxylic acids is 1. The average Bonchev–Trinajstić information content (AvgIpc) is 2.65. The number of hydrogen-bond donors (Lipinski definition) is 0. The van der Waals surface area contributed by atoms with E-state index in [-0.39, 0.29) is 27.8 Å². The van der Waals surface area contributed by atoms with Crippen LogP contribution in [-0.4, -0.2) is 17.6 Å². The van der Waals surface area contributed by atoms with Crippen LogP contribution in [0.5, 0.6) is 0 Å². The maximum atomic E-state index is 13.5. The van der Waals surface area contributed by atoms with Crippen molar-refractivity contribution in [2.75, 3.05) is 5.88 Å². The van der Waals surface area contributed by atoms with Gasteiger partial charge in [0.15, 0.2) is 0 Å². The molecule has 0 fully saturated rings. The molecule has 0 amide bonds. The highest BCUT2D eigenvalue weighted by atomic mass is 35.5. The lowest BCUT2D eigenvalue weighted by atomic mass is 10.1. The molecule has 17 heavy (non-hydrogen) atoms. The molecule has 0 N–H and O–H groups in total. The summed E-state index contributed by atoms with van der Waals surface area (Å²) >= 11 is 11.4. The van der Waals surface area contributed by atoms with Crippen molar-refractivity contribution in [2.24, 2.45) is 5.16 Å². The summed E-state index contributed by atoms with van der Waals surface area (Å²) in [7, 11) is 0. The second kappa shape index (κ2) is 4.85. The standard InChI is InChI=1S/C11H6Cl2FNO2/c12-5-10-7(11(16)17-15-10)4-6-8(13)2-1-3-9(6)14/h1-4H,5H2. The van der Waals surface area contributed by atoms with E-state index in [2.05, 4.69) is 9.99 Å². The highest BCUT2D eigenvalue weighted by Crippen LogP contribution is 2.24. The van der Waals surface area contributed by atoms with E-state index in [9.17, 15) is 9.18 Å². The first kappa shape index (κ1) is 12.1. The van der Waals surface area contributed by atoms with Crippen molar-refractivity contribution < 1.29 is 14.0 Å². The van der Waals surface area contributed by atoms with Crippen LogP contribution in [0, 0.1) is 5.82 Å². The first-order valence-corrected chi connectivity index (χ1v) is 5.55. The number of halogens is 3. The van der Waals surface area contributed by atoms with Gasteiger partial charge in [-0.25, -0.2) is 9.18 Å². The lowest BCUT2D eigenvalue weighted by molar-refractivity contribution is -0.136. The van der Waals surface area contributed by atoms with Crippen LogP contribution in [0.4, 0.5) is 4.39 Å². The van der Waals surface area contributed by atoms with Crippen LogP contribution in [0.2, 0.25) is 5.02 Å². The molecule has 0 bridgehead atoms. The molecule has 1 heterocycles. The highest BCUT2D eigenvalue weighted by Gasteiger charge is 2.25. The van der Waals surface area contributed by atoms with Crippen LogP contribution in [-0.2, 0) is 9.63 Å². The van der Waals surface area contributed by atoms with Gasteiger partial charge in [-0.05, 0) is 18.2 Å². The van der Waals surface area contributed by atoms with Crippen LogP contribution in [0.3, 0.4) is 0 Å². The number of carbonyl (C=O) groups is 1. The quantitative estimate of drug-likeness (QED) is 0.472. The molecule has 88 valence electrons. The Bertz CT molecular complexity index is 520. The lowest BCUT2D eigenvalue weighted by Gasteiger charge is -2.01. The van der Waals surface area contributed by atoms with Gasteiger partial charge in [0.25, 0.3) is 0 Å². The summed E-state index contributed by atoms with van der Waals surface area (Å²) in [5, 5.41) is 3.67. The minimum Gasteiger partial charge on any atom is -0.312 e. The Morgan fingerprint density at radius 1 is 1.47 bits per heavy atom. The average molecular weight is 274 g/mol. The van der Waals surface area contributed by atoms with Crippen molar-refractivity contribution in [3.63, 3.8) is 0 Å². The molecule has 0 radical (unpaired) electrons. The minimum atomic E-state index is -0.667. The van der Waals surface area contributed by atoms with Gasteiger partial charge in [-0.2, -0.15) is 0 Å². The van der Waals surface area contributed by atoms with Gasteiger partial charge in [-0.3, -0.25) is 0 Å². The van der Waals surface area contributed by atoms with Gasteiger partial charge in [0.2, 0.25) is 0 Å². The fraction of sp³-hybridized carbons (Fsp3) is 0.0909. The zero-order valence-electron chi connectivity index (χ0n) is 8.41. The maximum absolute atomic E-state index is 13.5. The molecule has 6 heteroatoms. The first-order valence-electron chi connectivity index (χ1n) is 4.63. The summed E-state index contributed by atoms with van der Waals surface area (Å²) in [6.07, 6.45) is 1.29. The van der Waals surface area contributed by atoms with Crippen molar-refractivity contribution in [3.05, 3.63) is 40.2 Å². The van der Waals surface area contributed by atoms with Gasteiger partial charge in [-0.1, -0.05) is 22.8 Å². The number of rotatable bonds is 2. The molecule has 0 aliphatic carbocycles. The van der Waals surface area contributed by atoms with Gasteiger partial charge >= 0.3 is 5.97 Å². The van der Waals surface area contributed by atoms with E-state index in [1.54, 1.807) is 0 Å². The van der Waals surface area contributed by atoms with E-state index >= 15 is 0 Å². The summed E-state index contributed by atoms with van der Waals surface area (Å²) in [6.45, 7) is 0. The summed E-state index contributed by atoms with van der Waals surface area (Å²) in [6, 6.07) is 4.24. The molecule has 2 rings (SSSR count). The second-order valence-corrected chi connectivity index (χ2v) is 3.92. The Morgan fingerprint density at radius 2 is 2.24 bits per heavy atom. The van der Waals surface area contributed by atoms with E-state index in [4.69, 9.17) is 23.2 Å². The number of alkyl halides is 1. The SMILES string of the molecule is O=C1ON=C(CCl)C1=Cc1c(F)cccc1Cl. The molecule has 0 atom stereocenters. The first-order chi connectivity index (χ1) is 8.13. The molecular weight excluding hydrogens is 268 g/mol. The molecule has 1 aromatic rings. The van der Waals surface area contributed by atoms with Gasteiger partial charge in [0.05, 0.1) is 16.5 Å². The second-order valence-electron chi connectivity index (χ2n) is 3.24. The van der Waals surface area contributed by atoms with Crippen molar-refractivity contribution in [1.82, 2.24) is 0 Å². The molecule has 0 saturated carbocycles. The number of benzene rings is 1. The van der Waals surface area contributed by atoms with Gasteiger partial charge in [-0.15, -0.1) is 11.6 Å². The Kier molecular flexibility index (Phi) is 3.45. The summed E-state index contributed by atoms with van der Waals surface area (Å²) < 4.78 is 13.5. The molecule has 0 aromatic heterocycles. The van der Waals surface area contributed by atoms with Crippen molar-refractivity contribution in [2.45, 2.75) is 0 Å². The van der Waals surface area contributed by atoms with E-state index < -0.39 is 11.8 Å². The van der Waals surface area contributed by atoms with E-state index in [0.717, 1.165) is 0 Å². The van der Waals surface area contributed by atoms with Crippen molar-refractivity contribution in [1.29, 1.82) is 0 Å². The number of hydrogen-bond acceptors (Lipinski definition) is 3. The van der Waals surface area contributed by atoms with Crippen molar-refractivity contribution in [3.8, 4) is 0 Å². The van der Waals surface area contributed by atoms with Crippen LogP contribution >= 0.6 is 23.2 Å². The van der Waals surface area contributed by atoms with E-state index in [1.165, 1.54) is 24.3 Å². The smallest absolute Gasteiger partial charge is 0.312 e. The molecule has 0 saturated heterocycles. The van der Waals surface area contributed by atoms with E-state index in [0.29, 0.717) is 0 Å². The minimum absolute atomic E-state index is 0.00362. The molecule has 1 aromatic carbocycles. The van der Waals surface area contributed by atoms with E-state index in [1.807, 2.05) is 0 Å². The van der Waals surface area contributed by atoms with Crippen LogP contribution in [0.1, 0.15) is 5.56 Å². The summed E-state index contributed by atoms with van der Waals surface area (Å²) in [4.78, 5) is 15.8. The van der Waals surface area contributed by atoms with Gasteiger partial charge in [0, 0.05) is 5.56 Å². The summed E-state index contributed by atoms with van der Waals surface area (Å²) in [5.74, 6) is -1.19. The maximum Gasteiger partial charge on any atom is 0.367 e. The zero-order chi connectivity index (χ0) is 12.4. The predicted octanol–water partition coefficient (Wildman–Crippen LogP) is 3.01. The number of nitrogens with zero attached hydrogens (tertiary/aromatic N) is 1. The zero-order valence-corrected chi connectivity index (χ0v) is 9.93. The molecule has 0 spiro atoms. The largest absolute Gasteiger partial charge is 0.367 e. The Hall–Kier alpha value is -1.39. The van der Waals surface area contributed by atoms with Crippen molar-refractivity contribution >= 4 is 41.0 Å². The lowest BCUT2D eigenvalue weighted by Crippen LogP contribution is -2.06. The Labute approximate surface area is 106 Å². The Balaban J connectivity index is 2.49. The molecule has 1 aliphatic rings. The van der Waals surface area contributed by atoms with Crippen LogP contribution in [0.15, 0.2) is 28.9 Å². The normalized spacial score (nSPS) is 17.2. The predicted molar refractivity (Wildman–Crippen MR) is 63.6 cm³/mol. The van der Waals surface area contributed by atoms with Crippen LogP contribution < -0.4 is 0 Å². The monoisotopic (exact) mass is 273 g/mol. The third-order valence-electron chi connectivity index (χ3n) is 2.18. The van der Waals surface area contributed by atoms with Gasteiger partial charge < -0.3 is 4.84 Å². The highest BCUT2D eigenvalue weighted by molar-refractivity contribution is 6.39. The molecule has 3 nitrogen and oxygen atoms in total. The fourth-order valence-electron chi connectivity index (χ4n) is 1.34. The molecule has 1 aliphatic heterocycles. The molecular formula is C11H6Cl2FNO2.